The van der Waals surface area contributed by atoms with Crippen LogP contribution in [0.5, 0.6) is 0 Å². The maximum atomic E-state index is 12.6. The fourth-order valence-electron chi connectivity index (χ4n) is 3.75. The van der Waals surface area contributed by atoms with Crippen molar-refractivity contribution in [3.05, 3.63) is 93.9 Å². The van der Waals surface area contributed by atoms with Crippen LogP contribution < -0.4 is 15.8 Å². The van der Waals surface area contributed by atoms with Gasteiger partial charge < -0.3 is 14.8 Å². The Labute approximate surface area is 183 Å². The van der Waals surface area contributed by atoms with E-state index in [1.807, 2.05) is 49.5 Å². The van der Waals surface area contributed by atoms with Gasteiger partial charge in [0.1, 0.15) is 5.69 Å². The van der Waals surface area contributed by atoms with Crippen molar-refractivity contribution in [1.29, 1.82) is 0 Å². The Morgan fingerprint density at radius 3 is 2.42 bits per heavy atom. The minimum atomic E-state index is -0.261. The first-order valence-electron chi connectivity index (χ1n) is 10.2. The molecule has 0 saturated heterocycles. The molecule has 0 bridgehead atoms. The molecule has 0 aliphatic carbocycles. The number of hydrogen-bond acceptors (Lipinski definition) is 3. The van der Waals surface area contributed by atoms with Gasteiger partial charge in [0.05, 0.1) is 0 Å². The number of rotatable bonds is 6. The molecule has 0 spiro atoms. The molecule has 0 aliphatic rings. The van der Waals surface area contributed by atoms with Crippen molar-refractivity contribution in [1.82, 2.24) is 4.57 Å². The van der Waals surface area contributed by atoms with Crippen LogP contribution in [0.15, 0.2) is 66.1 Å². The van der Waals surface area contributed by atoms with Crippen LogP contribution in [-0.2, 0) is 18.3 Å². The number of hydrogen-bond donors (Lipinski definition) is 1. The Kier molecular flexibility index (Phi) is 6.44. The number of nitrogens with one attached hydrogen (secondary N) is 1. The third-order valence-corrected chi connectivity index (χ3v) is 5.53. The van der Waals surface area contributed by atoms with Crippen molar-refractivity contribution in [3.63, 3.8) is 0 Å². The average molecular weight is 416 g/mol. The molecule has 0 fully saturated rings. The molecule has 1 amide bonds. The van der Waals surface area contributed by atoms with Gasteiger partial charge in [-0.3, -0.25) is 9.59 Å². The summed E-state index contributed by atoms with van der Waals surface area (Å²) in [4.78, 5) is 26.2. The summed E-state index contributed by atoms with van der Waals surface area (Å²) in [5.74, 6) is -0.261. The summed E-state index contributed by atoms with van der Waals surface area (Å²) in [6.45, 7) is 7.77. The fraction of sp³-hybridized carbons (Fsp3) is 0.231. The number of aromatic nitrogens is 1. The monoisotopic (exact) mass is 415 g/mol. The molecule has 0 radical (unpaired) electrons. The van der Waals surface area contributed by atoms with Crippen LogP contribution in [0.1, 0.15) is 22.3 Å². The Morgan fingerprint density at radius 2 is 1.81 bits per heavy atom. The van der Waals surface area contributed by atoms with Crippen molar-refractivity contribution in [2.45, 2.75) is 20.3 Å². The van der Waals surface area contributed by atoms with Gasteiger partial charge in [-0.2, -0.15) is 0 Å². The molecule has 1 aromatic heterocycles. The van der Waals surface area contributed by atoms with Crippen LogP contribution in [-0.4, -0.2) is 24.6 Å². The zero-order chi connectivity index (χ0) is 22.7. The summed E-state index contributed by atoms with van der Waals surface area (Å²) in [6.07, 6.45) is 3.85. The van der Waals surface area contributed by atoms with E-state index < -0.39 is 0 Å². The SMILES string of the molecule is C=CC(=O)Nc1ccc(Cc2c(C)cccc2C)c(-c2cc(N(C)C)c(=O)n(C)c2)c1. The lowest BCUT2D eigenvalue weighted by atomic mass is 9.91. The molecule has 160 valence electrons. The van der Waals surface area contributed by atoms with Gasteiger partial charge in [-0.1, -0.05) is 30.8 Å². The van der Waals surface area contributed by atoms with Crippen LogP contribution in [0.25, 0.3) is 11.1 Å². The fourth-order valence-corrected chi connectivity index (χ4v) is 3.75. The standard InChI is InChI=1S/C26H29N3O2/c1-7-25(30)27-21-12-11-19(13-22-17(2)9-8-10-18(22)3)23(15-21)20-14-24(28(4)5)26(31)29(6)16-20/h7-12,14-16H,1,13H2,2-6H3,(H,27,30). The smallest absolute Gasteiger partial charge is 0.273 e. The molecule has 1 N–H and O–H groups in total. The van der Waals surface area contributed by atoms with E-state index in [0.717, 1.165) is 23.1 Å². The molecule has 0 atom stereocenters. The van der Waals surface area contributed by atoms with Crippen LogP contribution in [0.2, 0.25) is 0 Å². The molecule has 0 saturated carbocycles. The zero-order valence-corrected chi connectivity index (χ0v) is 18.8. The molecule has 3 rings (SSSR count). The second kappa shape index (κ2) is 9.04. The van der Waals surface area contributed by atoms with Crippen molar-refractivity contribution in [3.8, 4) is 11.1 Å². The number of pyridine rings is 1. The highest BCUT2D eigenvalue weighted by Crippen LogP contribution is 2.31. The maximum Gasteiger partial charge on any atom is 0.273 e. The van der Waals surface area contributed by atoms with Gasteiger partial charge >= 0.3 is 0 Å². The Bertz CT molecular complexity index is 1190. The molecular formula is C26H29N3O2. The number of benzene rings is 2. The van der Waals surface area contributed by atoms with E-state index in [2.05, 4.69) is 43.9 Å². The lowest BCUT2D eigenvalue weighted by molar-refractivity contribution is -0.111. The van der Waals surface area contributed by atoms with Gasteiger partial charge in [-0.15, -0.1) is 0 Å². The first-order chi connectivity index (χ1) is 14.7. The van der Waals surface area contributed by atoms with E-state index in [9.17, 15) is 9.59 Å². The van der Waals surface area contributed by atoms with E-state index >= 15 is 0 Å². The molecule has 0 unspecified atom stereocenters. The Morgan fingerprint density at radius 1 is 1.13 bits per heavy atom. The maximum absolute atomic E-state index is 12.6. The summed E-state index contributed by atoms with van der Waals surface area (Å²) < 4.78 is 1.60. The highest BCUT2D eigenvalue weighted by molar-refractivity contribution is 5.99. The van der Waals surface area contributed by atoms with Crippen molar-refractivity contribution < 1.29 is 4.79 Å². The minimum absolute atomic E-state index is 0.0545. The largest absolute Gasteiger partial charge is 0.373 e. The third-order valence-electron chi connectivity index (χ3n) is 5.53. The highest BCUT2D eigenvalue weighted by Gasteiger charge is 2.14. The number of anilines is 2. The average Bonchev–Trinajstić information content (AvgIpc) is 2.73. The molecular weight excluding hydrogens is 386 g/mol. The predicted molar refractivity (Wildman–Crippen MR) is 129 cm³/mol. The first-order valence-corrected chi connectivity index (χ1v) is 10.2. The number of carbonyl (C=O) groups is 1. The number of amides is 1. The van der Waals surface area contributed by atoms with E-state index in [4.69, 9.17) is 0 Å². The summed E-state index contributed by atoms with van der Waals surface area (Å²) >= 11 is 0. The zero-order valence-electron chi connectivity index (χ0n) is 18.8. The topological polar surface area (TPSA) is 54.3 Å². The predicted octanol–water partition coefficient (Wildman–Crippen LogP) is 4.45. The van der Waals surface area contributed by atoms with Gasteiger partial charge in [-0.25, -0.2) is 0 Å². The molecule has 0 aliphatic heterocycles. The molecule has 3 aromatic rings. The Balaban J connectivity index is 2.20. The second-order valence-electron chi connectivity index (χ2n) is 8.04. The molecule has 5 heteroatoms. The third kappa shape index (κ3) is 4.77. The van der Waals surface area contributed by atoms with E-state index in [1.54, 1.807) is 11.6 Å². The van der Waals surface area contributed by atoms with Crippen molar-refractivity contribution in [2.75, 3.05) is 24.3 Å². The van der Waals surface area contributed by atoms with E-state index in [-0.39, 0.29) is 11.5 Å². The van der Waals surface area contributed by atoms with Gasteiger partial charge in [-0.05, 0) is 72.4 Å². The van der Waals surface area contributed by atoms with Crippen molar-refractivity contribution in [2.24, 2.45) is 7.05 Å². The number of carbonyl (C=O) groups excluding carboxylic acids is 1. The number of nitrogens with zero attached hydrogens (tertiary/aromatic N) is 2. The first kappa shape index (κ1) is 22.1. The summed E-state index contributed by atoms with van der Waals surface area (Å²) in [5, 5.41) is 2.84. The van der Waals surface area contributed by atoms with Crippen molar-refractivity contribution >= 4 is 17.3 Å². The van der Waals surface area contributed by atoms with Crippen LogP contribution in [0.3, 0.4) is 0 Å². The molecule has 2 aromatic carbocycles. The van der Waals surface area contributed by atoms with Gasteiger partial charge in [0, 0.05) is 38.6 Å². The van der Waals surface area contributed by atoms with Crippen LogP contribution >= 0.6 is 0 Å². The van der Waals surface area contributed by atoms with E-state index in [0.29, 0.717) is 11.4 Å². The van der Waals surface area contributed by atoms with Gasteiger partial charge in [0.2, 0.25) is 5.91 Å². The molecule has 31 heavy (non-hydrogen) atoms. The summed E-state index contributed by atoms with van der Waals surface area (Å²) in [5.41, 5.74) is 8.02. The van der Waals surface area contributed by atoms with E-state index in [1.165, 1.54) is 22.8 Å². The van der Waals surface area contributed by atoms with Gasteiger partial charge in [0.15, 0.2) is 0 Å². The quantitative estimate of drug-likeness (QED) is 0.605. The summed E-state index contributed by atoms with van der Waals surface area (Å²) in [7, 11) is 5.48. The lowest BCUT2D eigenvalue weighted by Gasteiger charge is -2.18. The molecule has 5 nitrogen and oxygen atoms in total. The molecule has 1 heterocycles. The summed E-state index contributed by atoms with van der Waals surface area (Å²) in [6, 6.07) is 14.1. The van der Waals surface area contributed by atoms with Crippen LogP contribution in [0.4, 0.5) is 11.4 Å². The Hall–Kier alpha value is -3.60. The number of aryl methyl sites for hydroxylation is 3. The highest BCUT2D eigenvalue weighted by atomic mass is 16.1. The van der Waals surface area contributed by atoms with Gasteiger partial charge in [0.25, 0.3) is 5.56 Å². The second-order valence-corrected chi connectivity index (χ2v) is 8.04. The normalized spacial score (nSPS) is 10.6. The minimum Gasteiger partial charge on any atom is -0.373 e. The van der Waals surface area contributed by atoms with Crippen LogP contribution in [0, 0.1) is 13.8 Å². The lowest BCUT2D eigenvalue weighted by Crippen LogP contribution is -2.25.